The number of hydrogen-bond donors (Lipinski definition) is 1. The van der Waals surface area contributed by atoms with Crippen molar-refractivity contribution in [2.24, 2.45) is 0 Å². The number of alkyl halides is 3. The summed E-state index contributed by atoms with van der Waals surface area (Å²) >= 11 is 0. The van der Waals surface area contributed by atoms with E-state index in [0.29, 0.717) is 12.2 Å². The van der Waals surface area contributed by atoms with Crippen LogP contribution in [0, 0.1) is 0 Å². The second-order valence-corrected chi connectivity index (χ2v) is 11.3. The summed E-state index contributed by atoms with van der Waals surface area (Å²) in [6.45, 7) is 5.31. The number of methoxy groups -OCH3 is 1. The number of halogens is 3. The molecular weight excluding hydrogens is 535 g/mol. The lowest BCUT2D eigenvalue weighted by atomic mass is 10.1. The third-order valence-corrected chi connectivity index (χ3v) is 7.49. The van der Waals surface area contributed by atoms with Gasteiger partial charge in [-0.1, -0.05) is 25.1 Å². The molecule has 0 aromatic heterocycles. The normalized spacial score (nSPS) is 13.3. The van der Waals surface area contributed by atoms with E-state index in [1.807, 2.05) is 13.8 Å². The summed E-state index contributed by atoms with van der Waals surface area (Å²) in [6, 6.07) is 10.1. The molecule has 2 aromatic carbocycles. The first-order valence-electron chi connectivity index (χ1n) is 12.5. The van der Waals surface area contributed by atoms with Gasteiger partial charge >= 0.3 is 6.18 Å². The van der Waals surface area contributed by atoms with E-state index < -0.39 is 33.7 Å². The monoisotopic (exact) mass is 571 g/mol. The summed E-state index contributed by atoms with van der Waals surface area (Å²) < 4.78 is 70.4. The van der Waals surface area contributed by atoms with Gasteiger partial charge in [-0.05, 0) is 62.6 Å². The fourth-order valence-electron chi connectivity index (χ4n) is 3.82. The Morgan fingerprint density at radius 3 is 2.26 bits per heavy atom. The van der Waals surface area contributed by atoms with E-state index in [2.05, 4.69) is 5.32 Å². The third kappa shape index (κ3) is 9.45. The SMILES string of the molecule is CC[C@H](C)NC(=O)[C@@H](C)N(Cc1ccc(OC)cc1)C(=O)CCCN(c1cccc(C(F)(F)F)c1)S(C)(=O)=O. The zero-order chi connectivity index (χ0) is 29.4. The van der Waals surface area contributed by atoms with E-state index in [9.17, 15) is 31.2 Å². The Morgan fingerprint density at radius 2 is 1.72 bits per heavy atom. The number of amides is 2. The van der Waals surface area contributed by atoms with Gasteiger partial charge in [-0.2, -0.15) is 13.2 Å². The van der Waals surface area contributed by atoms with Gasteiger partial charge in [-0.15, -0.1) is 0 Å². The van der Waals surface area contributed by atoms with Crippen LogP contribution in [0.5, 0.6) is 5.75 Å². The molecule has 2 aromatic rings. The molecule has 0 bridgehead atoms. The van der Waals surface area contributed by atoms with Crippen LogP contribution in [0.4, 0.5) is 18.9 Å². The minimum absolute atomic E-state index is 0.0287. The van der Waals surface area contributed by atoms with Crippen LogP contribution >= 0.6 is 0 Å². The van der Waals surface area contributed by atoms with Crippen LogP contribution < -0.4 is 14.4 Å². The number of hydrogen-bond acceptors (Lipinski definition) is 5. The van der Waals surface area contributed by atoms with Gasteiger partial charge in [0.1, 0.15) is 11.8 Å². The fraction of sp³-hybridized carbons (Fsp3) is 0.481. The molecule has 12 heteroatoms. The van der Waals surface area contributed by atoms with Crippen LogP contribution in [0.3, 0.4) is 0 Å². The highest BCUT2D eigenvalue weighted by molar-refractivity contribution is 7.92. The van der Waals surface area contributed by atoms with Crippen molar-refractivity contribution in [3.8, 4) is 5.75 Å². The van der Waals surface area contributed by atoms with E-state index in [-0.39, 0.29) is 43.6 Å². The first kappa shape index (κ1) is 31.9. The molecule has 216 valence electrons. The number of sulfonamides is 1. The Morgan fingerprint density at radius 1 is 1.08 bits per heavy atom. The number of nitrogens with one attached hydrogen (secondary N) is 1. The van der Waals surface area contributed by atoms with E-state index in [1.165, 1.54) is 18.1 Å². The van der Waals surface area contributed by atoms with Gasteiger partial charge in [0.15, 0.2) is 0 Å². The highest BCUT2D eigenvalue weighted by Gasteiger charge is 2.32. The molecule has 0 aliphatic rings. The number of benzene rings is 2. The van der Waals surface area contributed by atoms with Crippen LogP contribution in [0.1, 0.15) is 51.2 Å². The molecule has 0 saturated carbocycles. The van der Waals surface area contributed by atoms with Gasteiger partial charge in [-0.3, -0.25) is 13.9 Å². The number of rotatable bonds is 13. The Bertz CT molecular complexity index is 1220. The molecule has 0 aliphatic heterocycles. The van der Waals surface area contributed by atoms with Gasteiger partial charge in [0.05, 0.1) is 24.6 Å². The minimum atomic E-state index is -4.64. The molecule has 2 amide bonds. The van der Waals surface area contributed by atoms with Gasteiger partial charge in [0.2, 0.25) is 21.8 Å². The molecule has 0 unspecified atom stereocenters. The number of anilines is 1. The average molecular weight is 572 g/mol. The van der Waals surface area contributed by atoms with Crippen molar-refractivity contribution in [3.05, 3.63) is 59.7 Å². The Balaban J connectivity index is 2.22. The molecule has 2 atom stereocenters. The highest BCUT2D eigenvalue weighted by atomic mass is 32.2. The maximum Gasteiger partial charge on any atom is 0.416 e. The molecule has 0 spiro atoms. The molecule has 0 radical (unpaired) electrons. The number of ether oxygens (including phenoxy) is 1. The first-order chi connectivity index (χ1) is 18.2. The van der Waals surface area contributed by atoms with Gasteiger partial charge in [0, 0.05) is 25.6 Å². The fourth-order valence-corrected chi connectivity index (χ4v) is 4.77. The van der Waals surface area contributed by atoms with Crippen molar-refractivity contribution in [1.82, 2.24) is 10.2 Å². The summed E-state index contributed by atoms with van der Waals surface area (Å²) in [7, 11) is -2.40. The van der Waals surface area contributed by atoms with E-state index in [4.69, 9.17) is 4.74 Å². The van der Waals surface area contributed by atoms with Gasteiger partial charge in [-0.25, -0.2) is 8.42 Å². The summed E-state index contributed by atoms with van der Waals surface area (Å²) in [5.74, 6) is -0.0855. The van der Waals surface area contributed by atoms with Crippen molar-refractivity contribution in [3.63, 3.8) is 0 Å². The molecule has 8 nitrogen and oxygen atoms in total. The largest absolute Gasteiger partial charge is 0.497 e. The highest BCUT2D eigenvalue weighted by Crippen LogP contribution is 2.32. The Kier molecular flexibility index (Phi) is 11.2. The summed E-state index contributed by atoms with van der Waals surface area (Å²) in [5, 5.41) is 2.87. The summed E-state index contributed by atoms with van der Waals surface area (Å²) in [6.07, 6.45) is -3.12. The van der Waals surface area contributed by atoms with E-state index in [0.717, 1.165) is 34.3 Å². The van der Waals surface area contributed by atoms with Crippen molar-refractivity contribution in [2.45, 2.75) is 64.8 Å². The third-order valence-electron chi connectivity index (χ3n) is 6.29. The maximum absolute atomic E-state index is 13.3. The zero-order valence-electron chi connectivity index (χ0n) is 22.8. The second-order valence-electron chi connectivity index (χ2n) is 9.35. The molecule has 39 heavy (non-hydrogen) atoms. The zero-order valence-corrected chi connectivity index (χ0v) is 23.6. The minimum Gasteiger partial charge on any atom is -0.497 e. The quantitative estimate of drug-likeness (QED) is 0.380. The number of carbonyl (C=O) groups excluding carboxylic acids is 2. The second kappa shape index (κ2) is 13.7. The predicted molar refractivity (Wildman–Crippen MR) is 144 cm³/mol. The Hall–Kier alpha value is -3.28. The lowest BCUT2D eigenvalue weighted by Gasteiger charge is -2.30. The molecule has 1 N–H and O–H groups in total. The first-order valence-corrected chi connectivity index (χ1v) is 14.4. The van der Waals surface area contributed by atoms with Gasteiger partial charge in [0.25, 0.3) is 0 Å². The smallest absolute Gasteiger partial charge is 0.416 e. The van der Waals surface area contributed by atoms with Crippen LogP contribution in [0.15, 0.2) is 48.5 Å². The maximum atomic E-state index is 13.3. The standard InChI is InChI=1S/C27H36F3N3O5S/c1-6-19(2)31-26(35)20(3)32(18-21-12-14-24(38-4)15-13-21)25(34)11-8-16-33(39(5,36)37)23-10-7-9-22(17-23)27(28,29)30/h7,9-10,12-15,17,19-20H,6,8,11,16,18H2,1-5H3,(H,31,35)/t19-,20+/m0/s1. The van der Waals surface area contributed by atoms with Crippen LogP contribution in [-0.4, -0.2) is 57.1 Å². The van der Waals surface area contributed by atoms with Crippen LogP contribution in [-0.2, 0) is 32.3 Å². The topological polar surface area (TPSA) is 96.0 Å². The van der Waals surface area contributed by atoms with Crippen molar-refractivity contribution < 1.29 is 35.9 Å². The van der Waals surface area contributed by atoms with Gasteiger partial charge < -0.3 is 15.0 Å². The lowest BCUT2D eigenvalue weighted by molar-refractivity contribution is -0.140. The Labute approximate surface area is 228 Å². The summed E-state index contributed by atoms with van der Waals surface area (Å²) in [4.78, 5) is 27.6. The van der Waals surface area contributed by atoms with Crippen molar-refractivity contribution in [2.75, 3.05) is 24.2 Å². The van der Waals surface area contributed by atoms with E-state index >= 15 is 0 Å². The van der Waals surface area contributed by atoms with Crippen molar-refractivity contribution in [1.29, 1.82) is 0 Å². The summed E-state index contributed by atoms with van der Waals surface area (Å²) in [5.41, 5.74) is -0.359. The van der Waals surface area contributed by atoms with Crippen molar-refractivity contribution >= 4 is 27.5 Å². The number of carbonyl (C=O) groups is 2. The molecule has 0 fully saturated rings. The average Bonchev–Trinajstić information content (AvgIpc) is 2.88. The van der Waals surface area contributed by atoms with Crippen LogP contribution in [0.2, 0.25) is 0 Å². The molecule has 0 saturated heterocycles. The molecular formula is C27H36F3N3O5S. The van der Waals surface area contributed by atoms with Crippen LogP contribution in [0.25, 0.3) is 0 Å². The number of nitrogens with zero attached hydrogens (tertiary/aromatic N) is 2. The molecule has 0 heterocycles. The van der Waals surface area contributed by atoms with E-state index in [1.54, 1.807) is 31.2 Å². The lowest BCUT2D eigenvalue weighted by Crippen LogP contribution is -2.49. The molecule has 0 aliphatic carbocycles. The predicted octanol–water partition coefficient (Wildman–Crippen LogP) is 4.59. The molecule has 2 rings (SSSR count).